The van der Waals surface area contributed by atoms with Crippen LogP contribution in [-0.4, -0.2) is 20.3 Å². The molecule has 9 heteroatoms. The Balaban J connectivity index is 1.29. The summed E-state index contributed by atoms with van der Waals surface area (Å²) in [5.41, 5.74) is 11.8. The molecule has 5 aromatic rings. The highest BCUT2D eigenvalue weighted by atomic mass is 35.5. The molecule has 4 N–H and O–H groups in total. The number of benzene rings is 3. The highest BCUT2D eigenvalue weighted by molar-refractivity contribution is 7.80. The molecular weight excluding hydrogens is 520 g/mol. The van der Waals surface area contributed by atoms with Crippen molar-refractivity contribution in [1.82, 2.24) is 15.2 Å². The molecule has 0 fully saturated rings. The molecule has 0 saturated heterocycles. The highest BCUT2D eigenvalue weighted by Gasteiger charge is 2.14. The maximum absolute atomic E-state index is 6.06. The predicted octanol–water partition coefficient (Wildman–Crippen LogP) is 6.78. The first-order chi connectivity index (χ1) is 18.1. The van der Waals surface area contributed by atoms with E-state index in [1.807, 2.05) is 84.9 Å². The molecule has 0 amide bonds. The van der Waals surface area contributed by atoms with Crippen LogP contribution in [0.25, 0.3) is 21.8 Å². The summed E-state index contributed by atoms with van der Waals surface area (Å²) < 4.78 is 0. The van der Waals surface area contributed by atoms with Crippen molar-refractivity contribution in [3.63, 3.8) is 0 Å². The Bertz CT molecular complexity index is 1500. The van der Waals surface area contributed by atoms with Crippen molar-refractivity contribution in [1.29, 1.82) is 0 Å². The van der Waals surface area contributed by atoms with Gasteiger partial charge < -0.3 is 16.4 Å². The Hall–Kier alpha value is -3.69. The minimum atomic E-state index is 0.424. The van der Waals surface area contributed by atoms with Crippen molar-refractivity contribution >= 4 is 51.8 Å². The number of nitrogens with one attached hydrogen (secondary N) is 2. The summed E-state index contributed by atoms with van der Waals surface area (Å²) in [6.45, 7) is 0.424. The Morgan fingerprint density at radius 1 is 0.838 bits per heavy atom. The Morgan fingerprint density at radius 2 is 1.59 bits per heavy atom. The lowest BCUT2D eigenvalue weighted by Gasteiger charge is -2.13. The van der Waals surface area contributed by atoms with Crippen LogP contribution in [0.5, 0.6) is 0 Å². The third kappa shape index (κ3) is 6.18. The SMILES string of the molecule is NCc1sc(-c2ccc(Cl)cc2)nc1Cc1ccccc1NC(=S)Nc1ccc(-c2ccccc2)nn1. The van der Waals surface area contributed by atoms with Gasteiger partial charge in [-0.05, 0) is 48.1 Å². The van der Waals surface area contributed by atoms with Crippen molar-refractivity contribution in [3.8, 4) is 21.8 Å². The van der Waals surface area contributed by atoms with Crippen molar-refractivity contribution in [3.05, 3.63) is 112 Å². The van der Waals surface area contributed by atoms with Crippen molar-refractivity contribution in [2.75, 3.05) is 10.6 Å². The van der Waals surface area contributed by atoms with Crippen LogP contribution >= 0.6 is 35.2 Å². The molecule has 37 heavy (non-hydrogen) atoms. The molecule has 0 bridgehead atoms. The predicted molar refractivity (Wildman–Crippen MR) is 157 cm³/mol. The third-order valence-electron chi connectivity index (χ3n) is 5.65. The number of nitrogens with two attached hydrogens (primary N) is 1. The van der Waals surface area contributed by atoms with Gasteiger partial charge in [-0.3, -0.25) is 0 Å². The van der Waals surface area contributed by atoms with Gasteiger partial charge in [0.05, 0.1) is 11.4 Å². The van der Waals surface area contributed by atoms with Gasteiger partial charge in [0, 0.05) is 39.7 Å². The fourth-order valence-electron chi connectivity index (χ4n) is 3.81. The van der Waals surface area contributed by atoms with Crippen LogP contribution in [0.2, 0.25) is 5.02 Å². The summed E-state index contributed by atoms with van der Waals surface area (Å²) in [5.74, 6) is 0.562. The van der Waals surface area contributed by atoms with Gasteiger partial charge in [0.15, 0.2) is 10.9 Å². The number of aromatic nitrogens is 3. The molecule has 0 aliphatic rings. The lowest BCUT2D eigenvalue weighted by atomic mass is 10.1. The highest BCUT2D eigenvalue weighted by Crippen LogP contribution is 2.31. The summed E-state index contributed by atoms with van der Waals surface area (Å²) in [6, 6.07) is 29.4. The van der Waals surface area contributed by atoms with Gasteiger partial charge in [-0.2, -0.15) is 0 Å². The second-order valence-electron chi connectivity index (χ2n) is 8.18. The van der Waals surface area contributed by atoms with E-state index in [-0.39, 0.29) is 0 Å². The van der Waals surface area contributed by atoms with Crippen molar-refractivity contribution in [2.24, 2.45) is 5.73 Å². The van der Waals surface area contributed by atoms with Crippen LogP contribution in [0.4, 0.5) is 11.5 Å². The van der Waals surface area contributed by atoms with E-state index in [2.05, 4.69) is 26.9 Å². The number of hydrogen-bond donors (Lipinski definition) is 3. The van der Waals surface area contributed by atoms with E-state index in [1.165, 1.54) is 0 Å². The zero-order valence-corrected chi connectivity index (χ0v) is 22.1. The molecule has 0 aliphatic heterocycles. The van der Waals surface area contributed by atoms with Crippen LogP contribution in [0.1, 0.15) is 16.1 Å². The summed E-state index contributed by atoms with van der Waals surface area (Å²) >= 11 is 13.2. The van der Waals surface area contributed by atoms with E-state index in [9.17, 15) is 0 Å². The largest absolute Gasteiger partial charge is 0.332 e. The molecule has 2 heterocycles. The lowest BCUT2D eigenvalue weighted by Crippen LogP contribution is -2.21. The maximum atomic E-state index is 6.06. The van der Waals surface area contributed by atoms with Gasteiger partial charge in [0.25, 0.3) is 0 Å². The summed E-state index contributed by atoms with van der Waals surface area (Å²) in [4.78, 5) is 5.95. The number of halogens is 1. The number of rotatable bonds is 7. The van der Waals surface area contributed by atoms with E-state index in [4.69, 9.17) is 34.5 Å². The molecule has 2 aromatic heterocycles. The molecular formula is C28H23ClN6S2. The molecule has 0 spiro atoms. The van der Waals surface area contributed by atoms with Gasteiger partial charge in [0.2, 0.25) is 0 Å². The third-order valence-corrected chi connectivity index (χ3v) is 7.28. The van der Waals surface area contributed by atoms with E-state index < -0.39 is 0 Å². The first-order valence-electron chi connectivity index (χ1n) is 11.6. The van der Waals surface area contributed by atoms with Gasteiger partial charge in [0.1, 0.15) is 5.01 Å². The summed E-state index contributed by atoms with van der Waals surface area (Å²) in [7, 11) is 0. The fraction of sp³-hybridized carbons (Fsp3) is 0.0714. The normalized spacial score (nSPS) is 10.8. The number of nitrogens with zero attached hydrogens (tertiary/aromatic N) is 3. The Morgan fingerprint density at radius 3 is 2.32 bits per heavy atom. The molecule has 0 saturated carbocycles. The second kappa shape index (κ2) is 11.6. The van der Waals surface area contributed by atoms with Gasteiger partial charge in [-0.15, -0.1) is 21.5 Å². The van der Waals surface area contributed by atoms with Crippen molar-refractivity contribution < 1.29 is 0 Å². The lowest BCUT2D eigenvalue weighted by molar-refractivity contribution is 1.01. The number of thiocarbonyl (C=S) groups is 1. The zero-order chi connectivity index (χ0) is 25.6. The topological polar surface area (TPSA) is 88.8 Å². The van der Waals surface area contributed by atoms with Gasteiger partial charge in [-0.1, -0.05) is 72.3 Å². The molecule has 0 radical (unpaired) electrons. The Labute approximate surface area is 229 Å². The first-order valence-corrected chi connectivity index (χ1v) is 13.2. The Kier molecular flexibility index (Phi) is 7.82. The van der Waals surface area contributed by atoms with Crippen LogP contribution in [0, 0.1) is 0 Å². The van der Waals surface area contributed by atoms with Crippen LogP contribution < -0.4 is 16.4 Å². The van der Waals surface area contributed by atoms with E-state index >= 15 is 0 Å². The fourth-order valence-corrected chi connectivity index (χ4v) is 5.11. The standard InChI is InChI=1S/C28H23ClN6S2/c29-21-12-10-19(11-13-21)27-31-24(25(17-30)37-27)16-20-8-4-5-9-22(20)32-28(36)33-26-15-14-23(34-35-26)18-6-2-1-3-7-18/h1-15H,16-17,30H2,(H2,32,33,35,36). The zero-order valence-electron chi connectivity index (χ0n) is 19.7. The maximum Gasteiger partial charge on any atom is 0.176 e. The minimum absolute atomic E-state index is 0.424. The van der Waals surface area contributed by atoms with Gasteiger partial charge >= 0.3 is 0 Å². The van der Waals surface area contributed by atoms with Gasteiger partial charge in [-0.25, -0.2) is 4.98 Å². The number of para-hydroxylation sites is 1. The molecule has 0 aliphatic carbocycles. The number of anilines is 2. The number of thiazole rings is 1. The molecule has 0 unspecified atom stereocenters. The number of hydrogen-bond acceptors (Lipinski definition) is 6. The molecule has 3 aromatic carbocycles. The molecule has 184 valence electrons. The van der Waals surface area contributed by atoms with E-state index in [1.54, 1.807) is 11.3 Å². The monoisotopic (exact) mass is 542 g/mol. The quantitative estimate of drug-likeness (QED) is 0.195. The van der Waals surface area contributed by atoms with Crippen molar-refractivity contribution in [2.45, 2.75) is 13.0 Å². The molecule has 6 nitrogen and oxygen atoms in total. The van der Waals surface area contributed by atoms with Crippen LogP contribution in [0.3, 0.4) is 0 Å². The first kappa shape index (κ1) is 25.0. The summed E-state index contributed by atoms with van der Waals surface area (Å²) in [5, 5.41) is 17.0. The summed E-state index contributed by atoms with van der Waals surface area (Å²) in [6.07, 6.45) is 0.619. The second-order valence-corrected chi connectivity index (χ2v) is 10.1. The molecule has 5 rings (SSSR count). The minimum Gasteiger partial charge on any atom is -0.332 e. The van der Waals surface area contributed by atoms with E-state index in [0.29, 0.717) is 28.9 Å². The van der Waals surface area contributed by atoms with Crippen LogP contribution in [-0.2, 0) is 13.0 Å². The average molecular weight is 543 g/mol. The van der Waals surface area contributed by atoms with Crippen LogP contribution in [0.15, 0.2) is 91.0 Å². The smallest absolute Gasteiger partial charge is 0.176 e. The average Bonchev–Trinajstić information content (AvgIpc) is 3.34. The van der Waals surface area contributed by atoms with E-state index in [0.717, 1.165) is 43.7 Å². The molecule has 0 atom stereocenters.